The Morgan fingerprint density at radius 3 is 2.27 bits per heavy atom. The number of hydrogen-bond acceptors (Lipinski definition) is 2. The molecule has 0 aliphatic carbocycles. The Hall–Kier alpha value is -1.41. The number of carbonyl (C=O) groups excluding carboxylic acids is 1. The molecule has 0 aromatic heterocycles. The molecule has 2 nitrogen and oxygen atoms in total. The monoisotopic (exact) mass is 206 g/mol. The zero-order valence-electron chi connectivity index (χ0n) is 9.13. The summed E-state index contributed by atoms with van der Waals surface area (Å²) in [4.78, 5) is 9.89. The van der Waals surface area contributed by atoms with E-state index < -0.39 is 0 Å². The normalized spacial score (nSPS) is 12.6. The second-order valence-electron chi connectivity index (χ2n) is 2.76. The Morgan fingerprint density at radius 1 is 0.933 bits per heavy atom. The maximum atomic E-state index is 9.89. The molecule has 0 aliphatic rings. The summed E-state index contributed by atoms with van der Waals surface area (Å²) in [7, 11) is 0. The second-order valence-corrected chi connectivity index (χ2v) is 2.76. The molecule has 0 rings (SSSR count). The van der Waals surface area contributed by atoms with Crippen molar-refractivity contribution in [2.45, 2.75) is 13.3 Å². The van der Waals surface area contributed by atoms with Crippen LogP contribution in [0.5, 0.6) is 0 Å². The van der Waals surface area contributed by atoms with Crippen molar-refractivity contribution in [3.63, 3.8) is 0 Å². The van der Waals surface area contributed by atoms with Crippen LogP contribution in [-0.4, -0.2) is 19.5 Å². The lowest BCUT2D eigenvalue weighted by Gasteiger charge is -1.92. The number of rotatable bonds is 8. The third kappa shape index (κ3) is 12.6. The first-order valence-corrected chi connectivity index (χ1v) is 5.02. The third-order valence-electron chi connectivity index (χ3n) is 1.53. The van der Waals surface area contributed by atoms with Gasteiger partial charge >= 0.3 is 0 Å². The van der Waals surface area contributed by atoms with Crippen LogP contribution in [-0.2, 0) is 9.53 Å². The van der Waals surface area contributed by atoms with Gasteiger partial charge in [0.2, 0.25) is 0 Å². The molecule has 0 amide bonds. The smallest absolute Gasteiger partial charge is 0.142 e. The van der Waals surface area contributed by atoms with E-state index in [0.29, 0.717) is 13.2 Å². The summed E-state index contributed by atoms with van der Waals surface area (Å²) in [5, 5.41) is 0. The molecule has 15 heavy (non-hydrogen) atoms. The van der Waals surface area contributed by atoms with Crippen molar-refractivity contribution in [1.82, 2.24) is 0 Å². The predicted octanol–water partition coefficient (Wildman–Crippen LogP) is 2.84. The summed E-state index contributed by atoms with van der Waals surface area (Å²) in [6, 6.07) is 0. The minimum Gasteiger partial charge on any atom is -0.373 e. The van der Waals surface area contributed by atoms with E-state index in [2.05, 4.69) is 12.2 Å². The van der Waals surface area contributed by atoms with Crippen LogP contribution in [0.4, 0.5) is 0 Å². The van der Waals surface area contributed by atoms with E-state index in [-0.39, 0.29) is 0 Å². The van der Waals surface area contributed by atoms with E-state index in [0.717, 1.165) is 12.7 Å². The van der Waals surface area contributed by atoms with Gasteiger partial charge in [-0.15, -0.1) is 0 Å². The molecule has 82 valence electrons. The molecule has 0 bridgehead atoms. The number of aldehydes is 1. The van der Waals surface area contributed by atoms with Crippen LogP contribution < -0.4 is 0 Å². The van der Waals surface area contributed by atoms with Gasteiger partial charge < -0.3 is 4.74 Å². The molecule has 0 unspecified atom stereocenters. The highest BCUT2D eigenvalue weighted by atomic mass is 16.5. The average molecular weight is 206 g/mol. The van der Waals surface area contributed by atoms with E-state index in [4.69, 9.17) is 4.74 Å². The summed E-state index contributed by atoms with van der Waals surface area (Å²) in [5.41, 5.74) is 0. The third-order valence-corrected chi connectivity index (χ3v) is 1.53. The van der Waals surface area contributed by atoms with E-state index in [1.165, 1.54) is 6.08 Å². The number of ether oxygens (including phenoxy) is 1. The lowest BCUT2D eigenvalue weighted by atomic mass is 10.3. The molecule has 2 heteroatoms. The van der Waals surface area contributed by atoms with Crippen LogP contribution in [0.15, 0.2) is 48.6 Å². The summed E-state index contributed by atoms with van der Waals surface area (Å²) in [6.07, 6.45) is 16.9. The minimum absolute atomic E-state index is 0.478. The molecule has 0 fully saturated rings. The largest absolute Gasteiger partial charge is 0.373 e. The minimum atomic E-state index is 0.478. The molecule has 0 saturated heterocycles. The molecule has 0 atom stereocenters. The molecule has 0 N–H and O–H groups in total. The topological polar surface area (TPSA) is 26.3 Å². The van der Waals surface area contributed by atoms with Gasteiger partial charge in [0.25, 0.3) is 0 Å². The van der Waals surface area contributed by atoms with Crippen molar-refractivity contribution in [3.8, 4) is 0 Å². The highest BCUT2D eigenvalue weighted by Gasteiger charge is 1.76. The van der Waals surface area contributed by atoms with Crippen molar-refractivity contribution in [3.05, 3.63) is 48.6 Å². The average Bonchev–Trinajstić information content (AvgIpc) is 2.26. The fourth-order valence-electron chi connectivity index (χ4n) is 0.821. The fourth-order valence-corrected chi connectivity index (χ4v) is 0.821. The van der Waals surface area contributed by atoms with Gasteiger partial charge in [-0.2, -0.15) is 0 Å². The lowest BCUT2D eigenvalue weighted by Crippen LogP contribution is -1.89. The molecule has 0 aromatic carbocycles. The van der Waals surface area contributed by atoms with Crippen molar-refractivity contribution in [2.75, 3.05) is 13.2 Å². The van der Waals surface area contributed by atoms with E-state index in [9.17, 15) is 4.79 Å². The molecule has 0 radical (unpaired) electrons. The Labute approximate surface area is 91.6 Å². The Balaban J connectivity index is 3.34. The lowest BCUT2D eigenvalue weighted by molar-refractivity contribution is -0.104. The SMILES string of the molecule is C/C=C/C/C=C/C=C/COC/C=C/C=O. The van der Waals surface area contributed by atoms with Gasteiger partial charge in [0, 0.05) is 0 Å². The number of carbonyl (C=O) groups is 1. The first-order chi connectivity index (χ1) is 7.41. The first kappa shape index (κ1) is 13.6. The predicted molar refractivity (Wildman–Crippen MR) is 63.7 cm³/mol. The zero-order chi connectivity index (χ0) is 11.2. The van der Waals surface area contributed by atoms with Crippen molar-refractivity contribution < 1.29 is 9.53 Å². The first-order valence-electron chi connectivity index (χ1n) is 5.02. The van der Waals surface area contributed by atoms with Crippen molar-refractivity contribution in [1.29, 1.82) is 0 Å². The second kappa shape index (κ2) is 12.6. The van der Waals surface area contributed by atoms with E-state index >= 15 is 0 Å². The molecule has 0 aliphatic heterocycles. The Bertz CT molecular complexity index is 247. The summed E-state index contributed by atoms with van der Waals surface area (Å²) >= 11 is 0. The standard InChI is InChI=1S/C13H18O2/c1-2-3-4-5-6-7-9-12-15-13-10-8-11-14/h2-3,5-11H,4,12-13H2,1H3/b3-2+,6-5+,9-7+,10-8+. The van der Waals surface area contributed by atoms with Crippen LogP contribution in [0.1, 0.15) is 13.3 Å². The van der Waals surface area contributed by atoms with Crippen molar-refractivity contribution in [2.24, 2.45) is 0 Å². The highest BCUT2D eigenvalue weighted by Crippen LogP contribution is 1.87. The number of hydrogen-bond donors (Lipinski definition) is 0. The van der Waals surface area contributed by atoms with E-state index in [1.54, 1.807) is 6.08 Å². The molecular weight excluding hydrogens is 188 g/mol. The van der Waals surface area contributed by atoms with Gasteiger partial charge in [0.15, 0.2) is 0 Å². The Morgan fingerprint density at radius 2 is 1.60 bits per heavy atom. The number of allylic oxidation sites excluding steroid dienone is 6. The maximum Gasteiger partial charge on any atom is 0.142 e. The zero-order valence-corrected chi connectivity index (χ0v) is 9.13. The van der Waals surface area contributed by atoms with Gasteiger partial charge in [-0.25, -0.2) is 0 Å². The maximum absolute atomic E-state index is 9.89. The fraction of sp³-hybridized carbons (Fsp3) is 0.308. The molecular formula is C13H18O2. The molecule has 0 aromatic rings. The van der Waals surface area contributed by atoms with Gasteiger partial charge in [0.05, 0.1) is 13.2 Å². The Kier molecular flexibility index (Phi) is 11.4. The van der Waals surface area contributed by atoms with Crippen LogP contribution in [0.25, 0.3) is 0 Å². The van der Waals surface area contributed by atoms with Crippen LogP contribution in [0, 0.1) is 0 Å². The van der Waals surface area contributed by atoms with Gasteiger partial charge in [0.1, 0.15) is 6.29 Å². The van der Waals surface area contributed by atoms with Gasteiger partial charge in [-0.3, -0.25) is 4.79 Å². The van der Waals surface area contributed by atoms with E-state index in [1.807, 2.05) is 31.2 Å². The van der Waals surface area contributed by atoms with Crippen molar-refractivity contribution >= 4 is 6.29 Å². The van der Waals surface area contributed by atoms with Gasteiger partial charge in [-0.05, 0) is 19.4 Å². The quantitative estimate of drug-likeness (QED) is 0.201. The molecule has 0 saturated carbocycles. The van der Waals surface area contributed by atoms with Gasteiger partial charge in [-0.1, -0.05) is 42.5 Å². The summed E-state index contributed by atoms with van der Waals surface area (Å²) in [5.74, 6) is 0. The molecule has 0 spiro atoms. The highest BCUT2D eigenvalue weighted by molar-refractivity contribution is 5.64. The summed E-state index contributed by atoms with van der Waals surface area (Å²) in [6.45, 7) is 3.05. The summed E-state index contributed by atoms with van der Waals surface area (Å²) < 4.78 is 5.18. The van der Waals surface area contributed by atoms with Crippen LogP contribution >= 0.6 is 0 Å². The van der Waals surface area contributed by atoms with Crippen LogP contribution in [0.3, 0.4) is 0 Å². The molecule has 0 heterocycles. The van der Waals surface area contributed by atoms with Crippen LogP contribution in [0.2, 0.25) is 0 Å².